The van der Waals surface area contributed by atoms with Crippen LogP contribution in [0.15, 0.2) is 24.3 Å². The van der Waals surface area contributed by atoms with E-state index in [9.17, 15) is 14.4 Å². The highest BCUT2D eigenvalue weighted by molar-refractivity contribution is 5.89. The Morgan fingerprint density at radius 2 is 1.02 bits per heavy atom. The maximum atomic E-state index is 12.1. The number of carbonyl (C=O) groups excluding carboxylic acids is 2. The minimum atomic E-state index is -0.866. The standard InChI is InChI=1S/C31H51NO12/c1-2-3-12-32-28-10-8-27(9-11-28)31(36)44-26-24-42-22-20-40-18-16-38-14-13-37-15-17-39-19-21-41-23-25-43-30(35)7-5-4-6-29(33)34/h8-11,32H,2-7,12-26H2,1H3,(H,33,34). The highest BCUT2D eigenvalue weighted by Gasteiger charge is 2.07. The molecule has 0 fully saturated rings. The summed E-state index contributed by atoms with van der Waals surface area (Å²) in [7, 11) is 0. The molecule has 0 saturated carbocycles. The van der Waals surface area contributed by atoms with Gasteiger partial charge in [-0.1, -0.05) is 13.3 Å². The number of carboxylic acids is 1. The normalized spacial score (nSPS) is 10.9. The van der Waals surface area contributed by atoms with Gasteiger partial charge in [-0.05, 0) is 43.5 Å². The molecule has 1 rings (SSSR count). The predicted molar refractivity (Wildman–Crippen MR) is 162 cm³/mol. The van der Waals surface area contributed by atoms with Crippen molar-refractivity contribution in [1.29, 1.82) is 0 Å². The molecule has 0 atom stereocenters. The Morgan fingerprint density at radius 1 is 0.591 bits per heavy atom. The fourth-order valence-electron chi connectivity index (χ4n) is 3.44. The zero-order valence-electron chi connectivity index (χ0n) is 26.1. The summed E-state index contributed by atoms with van der Waals surface area (Å²) in [5.41, 5.74) is 1.50. The molecule has 2 N–H and O–H groups in total. The van der Waals surface area contributed by atoms with Crippen LogP contribution in [0.1, 0.15) is 55.8 Å². The van der Waals surface area contributed by atoms with Gasteiger partial charge in [0.1, 0.15) is 13.2 Å². The van der Waals surface area contributed by atoms with Gasteiger partial charge in [0, 0.05) is 25.1 Å². The molecule has 13 heteroatoms. The first-order valence-electron chi connectivity index (χ1n) is 15.4. The number of benzene rings is 1. The van der Waals surface area contributed by atoms with Crippen molar-refractivity contribution in [2.45, 2.75) is 45.4 Å². The second-order valence-electron chi connectivity index (χ2n) is 9.49. The minimum absolute atomic E-state index is 0.0573. The smallest absolute Gasteiger partial charge is 0.338 e. The van der Waals surface area contributed by atoms with Crippen molar-refractivity contribution in [2.75, 3.05) is 104 Å². The first kappa shape index (κ1) is 39.2. The molecule has 0 amide bonds. The van der Waals surface area contributed by atoms with Crippen LogP contribution in [0.4, 0.5) is 5.69 Å². The van der Waals surface area contributed by atoms with Crippen LogP contribution in [0, 0.1) is 0 Å². The van der Waals surface area contributed by atoms with Gasteiger partial charge in [0.2, 0.25) is 0 Å². The molecule has 0 spiro atoms. The number of carbonyl (C=O) groups is 3. The Labute approximate surface area is 260 Å². The molecule has 0 radical (unpaired) electrons. The SMILES string of the molecule is CCCCNc1ccc(C(=O)OCCOCCOCCOCCOCCOCCOCCOC(=O)CCCCC(=O)O)cc1. The molecular formula is C31H51NO12. The van der Waals surface area contributed by atoms with E-state index in [1.807, 2.05) is 12.1 Å². The van der Waals surface area contributed by atoms with Gasteiger partial charge in [0.15, 0.2) is 0 Å². The van der Waals surface area contributed by atoms with Crippen molar-refractivity contribution in [3.05, 3.63) is 29.8 Å². The van der Waals surface area contributed by atoms with Crippen molar-refractivity contribution >= 4 is 23.6 Å². The summed E-state index contributed by atoms with van der Waals surface area (Å²) in [5.74, 6) is -1.59. The summed E-state index contributed by atoms with van der Waals surface area (Å²) in [6.07, 6.45) is 3.45. The minimum Gasteiger partial charge on any atom is -0.481 e. The first-order valence-corrected chi connectivity index (χ1v) is 15.4. The molecule has 1 aromatic rings. The number of nitrogens with one attached hydrogen (secondary N) is 1. The highest BCUT2D eigenvalue weighted by atomic mass is 16.6. The Balaban J connectivity index is 1.76. The fraction of sp³-hybridized carbons (Fsp3) is 0.710. The molecule has 0 saturated heterocycles. The first-order chi connectivity index (χ1) is 21.5. The lowest BCUT2D eigenvalue weighted by Crippen LogP contribution is -2.15. The molecule has 1 aromatic carbocycles. The lowest BCUT2D eigenvalue weighted by molar-refractivity contribution is -0.146. The van der Waals surface area contributed by atoms with E-state index in [1.54, 1.807) is 12.1 Å². The monoisotopic (exact) mass is 629 g/mol. The van der Waals surface area contributed by atoms with E-state index in [4.69, 9.17) is 43.0 Å². The third-order valence-electron chi connectivity index (χ3n) is 5.81. The fourth-order valence-corrected chi connectivity index (χ4v) is 3.44. The van der Waals surface area contributed by atoms with Crippen molar-refractivity contribution in [2.24, 2.45) is 0 Å². The molecule has 0 unspecified atom stereocenters. The number of unbranched alkanes of at least 4 members (excludes halogenated alkanes) is 2. The van der Waals surface area contributed by atoms with E-state index in [1.165, 1.54) is 0 Å². The molecule has 0 bridgehead atoms. The summed E-state index contributed by atoms with van der Waals surface area (Å²) in [6.45, 7) is 8.22. The van der Waals surface area contributed by atoms with Gasteiger partial charge in [-0.2, -0.15) is 0 Å². The average Bonchev–Trinajstić information content (AvgIpc) is 3.02. The second-order valence-corrected chi connectivity index (χ2v) is 9.49. The van der Waals surface area contributed by atoms with E-state index in [-0.39, 0.29) is 44.6 Å². The van der Waals surface area contributed by atoms with Crippen molar-refractivity contribution in [3.8, 4) is 0 Å². The van der Waals surface area contributed by atoms with Crippen LogP contribution in [0.2, 0.25) is 0 Å². The van der Waals surface area contributed by atoms with Gasteiger partial charge in [-0.25, -0.2) is 4.79 Å². The molecule has 0 aliphatic heterocycles. The maximum absolute atomic E-state index is 12.1. The highest BCUT2D eigenvalue weighted by Crippen LogP contribution is 2.11. The summed E-state index contributed by atoms with van der Waals surface area (Å²) in [5, 5.41) is 11.8. The van der Waals surface area contributed by atoms with Crippen LogP contribution < -0.4 is 5.32 Å². The molecule has 252 valence electrons. The third-order valence-corrected chi connectivity index (χ3v) is 5.81. The third kappa shape index (κ3) is 24.6. The molecular weight excluding hydrogens is 578 g/mol. The van der Waals surface area contributed by atoms with Crippen LogP contribution in [0.5, 0.6) is 0 Å². The number of ether oxygens (including phenoxy) is 8. The average molecular weight is 630 g/mol. The van der Waals surface area contributed by atoms with Gasteiger partial charge in [0.25, 0.3) is 0 Å². The number of hydrogen-bond donors (Lipinski definition) is 2. The largest absolute Gasteiger partial charge is 0.481 e. The van der Waals surface area contributed by atoms with Crippen LogP contribution in [0.3, 0.4) is 0 Å². The van der Waals surface area contributed by atoms with Crippen LogP contribution >= 0.6 is 0 Å². The summed E-state index contributed by atoms with van der Waals surface area (Å²) in [4.78, 5) is 34.0. The number of carboxylic acid groups (broad SMARTS) is 1. The molecule has 13 nitrogen and oxygen atoms in total. The lowest BCUT2D eigenvalue weighted by atomic mass is 10.2. The van der Waals surface area contributed by atoms with Crippen LogP contribution in [-0.4, -0.2) is 122 Å². The molecule has 0 aliphatic rings. The van der Waals surface area contributed by atoms with E-state index < -0.39 is 5.97 Å². The van der Waals surface area contributed by atoms with Crippen LogP contribution in [-0.2, 0) is 47.5 Å². The zero-order valence-corrected chi connectivity index (χ0v) is 26.1. The van der Waals surface area contributed by atoms with Crippen molar-refractivity contribution in [3.63, 3.8) is 0 Å². The topological polar surface area (TPSA) is 157 Å². The summed E-state index contributed by atoms with van der Waals surface area (Å²) < 4.78 is 42.7. The molecule has 0 aliphatic carbocycles. The van der Waals surface area contributed by atoms with Gasteiger partial charge in [-0.3, -0.25) is 9.59 Å². The van der Waals surface area contributed by atoms with Crippen LogP contribution in [0.25, 0.3) is 0 Å². The number of hydrogen-bond acceptors (Lipinski definition) is 12. The van der Waals surface area contributed by atoms with Gasteiger partial charge in [0.05, 0.1) is 84.8 Å². The number of aliphatic carboxylic acids is 1. The molecule has 0 heterocycles. The lowest BCUT2D eigenvalue weighted by Gasteiger charge is -2.09. The predicted octanol–water partition coefficient (Wildman–Crippen LogP) is 3.34. The zero-order chi connectivity index (χ0) is 31.9. The second kappa shape index (κ2) is 28.9. The number of rotatable bonds is 31. The molecule has 44 heavy (non-hydrogen) atoms. The summed E-state index contributed by atoms with van der Waals surface area (Å²) in [6, 6.07) is 7.25. The molecule has 0 aromatic heterocycles. The van der Waals surface area contributed by atoms with Crippen molar-refractivity contribution < 1.29 is 57.4 Å². The van der Waals surface area contributed by atoms with E-state index >= 15 is 0 Å². The van der Waals surface area contributed by atoms with Gasteiger partial charge < -0.3 is 48.3 Å². The Hall–Kier alpha value is -2.81. The Bertz CT molecular complexity index is 853. The quantitative estimate of drug-likeness (QED) is 0.0911. The maximum Gasteiger partial charge on any atom is 0.338 e. The van der Waals surface area contributed by atoms with E-state index in [2.05, 4.69) is 12.2 Å². The van der Waals surface area contributed by atoms with Crippen molar-refractivity contribution in [1.82, 2.24) is 0 Å². The van der Waals surface area contributed by atoms with E-state index in [0.717, 1.165) is 25.1 Å². The number of anilines is 1. The van der Waals surface area contributed by atoms with Gasteiger partial charge in [-0.15, -0.1) is 0 Å². The number of esters is 2. The summed E-state index contributed by atoms with van der Waals surface area (Å²) >= 11 is 0. The van der Waals surface area contributed by atoms with E-state index in [0.29, 0.717) is 91.1 Å². The van der Waals surface area contributed by atoms with Gasteiger partial charge >= 0.3 is 17.9 Å². The Morgan fingerprint density at radius 3 is 1.48 bits per heavy atom. The Kier molecular flexibility index (Phi) is 25.8.